The number of nitrogens with zero attached hydrogens (tertiary/aromatic N) is 3. The lowest BCUT2D eigenvalue weighted by Crippen LogP contribution is -2.35. The molecule has 0 saturated heterocycles. The molecule has 2 aromatic rings. The second-order valence-corrected chi connectivity index (χ2v) is 19.3. The van der Waals surface area contributed by atoms with Crippen LogP contribution in [0.2, 0.25) is 0 Å². The van der Waals surface area contributed by atoms with Crippen LogP contribution in [0.25, 0.3) is 0 Å². The zero-order valence-corrected chi connectivity index (χ0v) is 34.5. The largest absolute Gasteiger partial charge is 0.560 e. The van der Waals surface area contributed by atoms with E-state index in [1.54, 1.807) is 12.2 Å². The van der Waals surface area contributed by atoms with Gasteiger partial charge in [0.15, 0.2) is 7.05 Å². The zero-order chi connectivity index (χ0) is 41.1. The van der Waals surface area contributed by atoms with Crippen LogP contribution < -0.4 is 9.80 Å². The van der Waals surface area contributed by atoms with Gasteiger partial charge in [0.05, 0.1) is 5.75 Å². The number of anilines is 2. The summed E-state index contributed by atoms with van der Waals surface area (Å²) in [7, 11) is -8.95. The molecule has 0 radical (unpaired) electrons. The van der Waals surface area contributed by atoms with Crippen LogP contribution in [0.3, 0.4) is 0 Å². The molecule has 0 aromatic heterocycles. The smallest absolute Gasteiger partial charge is 0.344 e. The Kier molecular flexibility index (Phi) is 13.4. The highest BCUT2D eigenvalue weighted by atomic mass is 32.2. The molecule has 0 amide bonds. The third-order valence-corrected chi connectivity index (χ3v) is 13.6. The molecule has 0 spiro atoms. The number of alkyl halides is 3. The lowest BCUT2D eigenvalue weighted by molar-refractivity contribution is -0.432. The van der Waals surface area contributed by atoms with Crippen molar-refractivity contribution >= 4 is 49.3 Å². The lowest BCUT2D eigenvalue weighted by Gasteiger charge is -2.27. The molecular weight excluding hydrogens is 792 g/mol. The molecule has 0 unspecified atom stereocenters. The van der Waals surface area contributed by atoms with Gasteiger partial charge in [-0.15, -0.1) is 8.31 Å². The van der Waals surface area contributed by atoms with E-state index in [2.05, 4.69) is 28.1 Å². The van der Waals surface area contributed by atoms with Crippen LogP contribution in [0.5, 0.6) is 0 Å². The predicted octanol–water partition coefficient (Wildman–Crippen LogP) is 8.45. The number of fused-ring (bicyclic) bond motifs is 2. The SMILES string of the molecule is C[N+](=C1C(=CC=C2N(CCCCSOOO)c3ccccc3C2(C)C)CCC1=CC=C1N(CCCCS(=O)(=O)O)c2ccccc2C1(C)C)S(=O)(=O)C(F)(F)F. The van der Waals surface area contributed by atoms with Gasteiger partial charge in [0.2, 0.25) is 5.71 Å². The number of unbranched alkanes of at least 4 members (excludes halogenated alkanes) is 2. The third kappa shape index (κ3) is 9.14. The molecule has 2 aromatic carbocycles. The van der Waals surface area contributed by atoms with E-state index < -0.39 is 36.5 Å². The van der Waals surface area contributed by atoms with Crippen molar-refractivity contribution in [3.63, 3.8) is 0 Å². The maximum atomic E-state index is 14.1. The van der Waals surface area contributed by atoms with Crippen molar-refractivity contribution < 1.29 is 53.2 Å². The van der Waals surface area contributed by atoms with Gasteiger partial charge in [-0.25, -0.2) is 5.26 Å². The molecule has 2 aliphatic heterocycles. The molecule has 1 saturated carbocycles. The summed E-state index contributed by atoms with van der Waals surface area (Å²) < 4.78 is 105. The molecule has 11 nitrogen and oxygen atoms in total. The van der Waals surface area contributed by atoms with Crippen molar-refractivity contribution in [1.82, 2.24) is 0 Å². The Morgan fingerprint density at radius 3 is 1.70 bits per heavy atom. The summed E-state index contributed by atoms with van der Waals surface area (Å²) in [5.41, 5.74) is 0.000390. The predicted molar refractivity (Wildman–Crippen MR) is 214 cm³/mol. The number of sulfonamides is 1. The summed E-state index contributed by atoms with van der Waals surface area (Å²) in [4.78, 5) is 4.22. The summed E-state index contributed by atoms with van der Waals surface area (Å²) in [6.07, 6.45) is 9.89. The Hall–Kier alpha value is -3.45. The number of hydrogen-bond acceptors (Lipinski definition) is 10. The van der Waals surface area contributed by atoms with Gasteiger partial charge in [-0.2, -0.15) is 30.0 Å². The van der Waals surface area contributed by atoms with Crippen molar-refractivity contribution in [2.75, 3.05) is 41.4 Å². The Bertz CT molecular complexity index is 2180. The molecule has 0 bridgehead atoms. The van der Waals surface area contributed by atoms with Crippen LogP contribution in [0.1, 0.15) is 77.3 Å². The molecule has 2 N–H and O–H groups in total. The molecular formula is C39H49F3N3O8S3+. The van der Waals surface area contributed by atoms with E-state index in [-0.39, 0.29) is 24.3 Å². The fraction of sp³-hybridized carbons (Fsp3) is 0.462. The summed E-state index contributed by atoms with van der Waals surface area (Å²) in [6.45, 7) is 9.24. The Balaban J connectivity index is 1.57. The van der Waals surface area contributed by atoms with Crippen LogP contribution >= 0.6 is 12.0 Å². The monoisotopic (exact) mass is 840 g/mol. The molecule has 1 aliphatic carbocycles. The molecule has 1 fully saturated rings. The van der Waals surface area contributed by atoms with E-state index in [4.69, 9.17) is 5.26 Å². The molecule has 5 rings (SSSR count). The number of allylic oxidation sites excluding steroid dienone is 8. The van der Waals surface area contributed by atoms with Crippen molar-refractivity contribution in [1.29, 1.82) is 0 Å². The van der Waals surface area contributed by atoms with Crippen LogP contribution in [-0.4, -0.2) is 73.5 Å². The first kappa shape index (κ1) is 43.7. The number of halogens is 3. The maximum Gasteiger partial charge on any atom is 0.560 e. The van der Waals surface area contributed by atoms with Gasteiger partial charge in [-0.3, -0.25) is 4.55 Å². The second kappa shape index (κ2) is 17.2. The lowest BCUT2D eigenvalue weighted by atomic mass is 9.83. The van der Waals surface area contributed by atoms with Gasteiger partial charge in [0, 0.05) is 75.6 Å². The van der Waals surface area contributed by atoms with Crippen LogP contribution in [0.4, 0.5) is 24.5 Å². The average Bonchev–Trinajstić information content (AvgIpc) is 3.70. The minimum absolute atomic E-state index is 0.0351. The highest BCUT2D eigenvalue weighted by Crippen LogP contribution is 2.49. The third-order valence-electron chi connectivity index (χ3n) is 10.7. The van der Waals surface area contributed by atoms with Gasteiger partial charge < -0.3 is 9.80 Å². The van der Waals surface area contributed by atoms with Gasteiger partial charge in [0.1, 0.15) is 0 Å². The number of benzene rings is 2. The summed E-state index contributed by atoms with van der Waals surface area (Å²) in [5.74, 6) is 0.191. The Morgan fingerprint density at radius 2 is 1.25 bits per heavy atom. The Morgan fingerprint density at radius 1 is 0.786 bits per heavy atom. The van der Waals surface area contributed by atoms with Crippen molar-refractivity contribution in [3.8, 4) is 0 Å². The second-order valence-electron chi connectivity index (χ2n) is 15.0. The van der Waals surface area contributed by atoms with E-state index in [0.29, 0.717) is 46.8 Å². The minimum Gasteiger partial charge on any atom is -0.344 e. The van der Waals surface area contributed by atoms with Crippen molar-refractivity contribution in [3.05, 3.63) is 107 Å². The number of rotatable bonds is 15. The van der Waals surface area contributed by atoms with E-state index >= 15 is 0 Å². The molecule has 0 atom stereocenters. The summed E-state index contributed by atoms with van der Waals surface area (Å²) in [6, 6.07) is 15.7. The number of para-hydroxylation sites is 2. The summed E-state index contributed by atoms with van der Waals surface area (Å²) in [5, 5.41) is 12.1. The van der Waals surface area contributed by atoms with Crippen molar-refractivity contribution in [2.45, 2.75) is 82.6 Å². The van der Waals surface area contributed by atoms with Gasteiger partial charge >= 0.3 is 15.5 Å². The van der Waals surface area contributed by atoms with Crippen molar-refractivity contribution in [2.24, 2.45) is 0 Å². The van der Waals surface area contributed by atoms with Gasteiger partial charge in [-0.1, -0.05) is 81.3 Å². The van der Waals surface area contributed by atoms with E-state index in [0.717, 1.165) is 65.8 Å². The topological polar surface area (TPSA) is 137 Å². The highest BCUT2D eigenvalue weighted by molar-refractivity contribution is 7.94. The van der Waals surface area contributed by atoms with E-state index in [1.807, 2.05) is 79.4 Å². The van der Waals surface area contributed by atoms with Gasteiger partial charge in [0.25, 0.3) is 10.1 Å². The van der Waals surface area contributed by atoms with Crippen LogP contribution in [-0.2, 0) is 40.3 Å². The van der Waals surface area contributed by atoms with Crippen LogP contribution in [0.15, 0.2) is 95.4 Å². The molecule has 3 aliphatic rings. The van der Waals surface area contributed by atoms with Crippen LogP contribution in [0, 0.1) is 0 Å². The normalized spacial score (nSPS) is 21.8. The quantitative estimate of drug-likeness (QED) is 0.0447. The molecule has 56 heavy (non-hydrogen) atoms. The molecule has 2 heterocycles. The van der Waals surface area contributed by atoms with Gasteiger partial charge in [-0.05, 0) is 73.9 Å². The van der Waals surface area contributed by atoms with E-state index in [1.165, 1.54) is 0 Å². The Labute approximate surface area is 331 Å². The average molecular weight is 841 g/mol. The zero-order valence-electron chi connectivity index (χ0n) is 32.0. The standard InChI is InChI=1S/C39H48F3N3O8S3/c1-37(2)30-14-6-8-16-32(30)44(24-10-12-26-54-53-52-46)34(37)22-20-28-18-19-29(36(28)43(5)56(50,51)39(40,41)42)21-23-35-38(3,4)31-15-7-9-17-33(31)45(35)25-11-13-27-55(47,48)49/h6-9,14-17,20-23H,10-13,18-19,24-27H2,1-5H3,(H-,46,47,48,49)/p+1. The number of hydrogen-bond donors (Lipinski definition) is 2. The first-order valence-electron chi connectivity index (χ1n) is 18.3. The first-order valence-corrected chi connectivity index (χ1v) is 22.2. The minimum atomic E-state index is -5.76. The fourth-order valence-corrected chi connectivity index (χ4v) is 9.67. The first-order chi connectivity index (χ1) is 26.2. The molecule has 17 heteroatoms. The van der Waals surface area contributed by atoms with E-state index in [9.17, 15) is 34.6 Å². The molecule has 306 valence electrons. The maximum absolute atomic E-state index is 14.1. The summed E-state index contributed by atoms with van der Waals surface area (Å²) >= 11 is 0.978. The fourth-order valence-electron chi connectivity index (χ4n) is 7.88. The highest BCUT2D eigenvalue weighted by Gasteiger charge is 2.55.